The molecule has 1 saturated heterocycles. The Morgan fingerprint density at radius 1 is 1.08 bits per heavy atom. The van der Waals surface area contributed by atoms with Crippen LogP contribution in [0.5, 0.6) is 0 Å². The van der Waals surface area contributed by atoms with Gasteiger partial charge in [0, 0.05) is 24.8 Å². The van der Waals surface area contributed by atoms with Gasteiger partial charge in [-0.25, -0.2) is 0 Å². The molecular weight excluding hydrogens is 298 g/mol. The number of nitrogens with one attached hydrogen (secondary N) is 1. The van der Waals surface area contributed by atoms with Crippen molar-refractivity contribution in [2.24, 2.45) is 0 Å². The quantitative estimate of drug-likeness (QED) is 0.680. The van der Waals surface area contributed by atoms with Crippen molar-refractivity contribution in [1.82, 2.24) is 5.32 Å². The molecule has 1 N–H and O–H groups in total. The molecule has 4 heteroatoms. The average Bonchev–Trinajstić information content (AvgIpc) is 3.15. The minimum Gasteiger partial charge on any atom is -0.372 e. The summed E-state index contributed by atoms with van der Waals surface area (Å²) in [7, 11) is 0. The molecule has 0 spiro atoms. The van der Waals surface area contributed by atoms with Crippen LogP contribution in [0.25, 0.3) is 6.08 Å². The van der Waals surface area contributed by atoms with E-state index in [9.17, 15) is 10.1 Å². The minimum absolute atomic E-state index is 0.189. The molecule has 1 amide bonds. The molecule has 2 aliphatic rings. The van der Waals surface area contributed by atoms with Crippen molar-refractivity contribution in [3.8, 4) is 6.07 Å². The van der Waals surface area contributed by atoms with Crippen molar-refractivity contribution in [2.45, 2.75) is 51.0 Å². The van der Waals surface area contributed by atoms with Crippen LogP contribution in [-0.2, 0) is 4.79 Å². The number of carbonyl (C=O) groups is 1. The third-order valence-corrected chi connectivity index (χ3v) is 4.98. The molecule has 0 aromatic heterocycles. The van der Waals surface area contributed by atoms with Crippen molar-refractivity contribution in [1.29, 1.82) is 5.26 Å². The largest absolute Gasteiger partial charge is 0.372 e. The van der Waals surface area contributed by atoms with Gasteiger partial charge >= 0.3 is 0 Å². The first-order valence-electron chi connectivity index (χ1n) is 9.04. The topological polar surface area (TPSA) is 56.1 Å². The molecule has 24 heavy (non-hydrogen) atoms. The maximum Gasteiger partial charge on any atom is 0.262 e. The minimum atomic E-state index is -0.243. The summed E-state index contributed by atoms with van der Waals surface area (Å²) in [5.41, 5.74) is 2.30. The summed E-state index contributed by atoms with van der Waals surface area (Å²) in [6.45, 7) is 2.23. The molecule has 126 valence electrons. The summed E-state index contributed by atoms with van der Waals surface area (Å²) in [5.74, 6) is -0.243. The summed E-state index contributed by atoms with van der Waals surface area (Å²) < 4.78 is 0. The van der Waals surface area contributed by atoms with E-state index in [-0.39, 0.29) is 17.5 Å². The zero-order valence-electron chi connectivity index (χ0n) is 14.1. The number of hydrogen-bond donors (Lipinski definition) is 1. The van der Waals surface area contributed by atoms with Crippen LogP contribution in [-0.4, -0.2) is 25.0 Å². The van der Waals surface area contributed by atoms with Gasteiger partial charge in [0.1, 0.15) is 11.6 Å². The Balaban J connectivity index is 1.65. The van der Waals surface area contributed by atoms with Gasteiger partial charge in [0.25, 0.3) is 5.91 Å². The zero-order chi connectivity index (χ0) is 16.8. The summed E-state index contributed by atoms with van der Waals surface area (Å²) in [6, 6.07) is 10.4. The lowest BCUT2D eigenvalue weighted by Crippen LogP contribution is -2.36. The number of hydrogen-bond acceptors (Lipinski definition) is 3. The number of carbonyl (C=O) groups excluding carboxylic acids is 1. The summed E-state index contributed by atoms with van der Waals surface area (Å²) in [4.78, 5) is 14.7. The third-order valence-electron chi connectivity index (χ3n) is 4.98. The lowest BCUT2D eigenvalue weighted by Gasteiger charge is -2.22. The predicted molar refractivity (Wildman–Crippen MR) is 96.5 cm³/mol. The second-order valence-electron chi connectivity index (χ2n) is 6.76. The molecule has 0 atom stereocenters. The number of benzene rings is 1. The van der Waals surface area contributed by atoms with E-state index < -0.39 is 0 Å². The number of nitrogens with zero attached hydrogens (tertiary/aromatic N) is 2. The molecule has 0 radical (unpaired) electrons. The second-order valence-corrected chi connectivity index (χ2v) is 6.76. The van der Waals surface area contributed by atoms with Gasteiger partial charge in [-0.2, -0.15) is 5.26 Å². The van der Waals surface area contributed by atoms with E-state index in [1.807, 2.05) is 18.2 Å². The number of nitriles is 1. The van der Waals surface area contributed by atoms with Gasteiger partial charge in [-0.3, -0.25) is 4.79 Å². The summed E-state index contributed by atoms with van der Waals surface area (Å²) in [5, 5.41) is 12.3. The molecule has 1 aliphatic carbocycles. The number of rotatable bonds is 4. The Kier molecular flexibility index (Phi) is 5.53. The van der Waals surface area contributed by atoms with Gasteiger partial charge in [-0.15, -0.1) is 0 Å². The van der Waals surface area contributed by atoms with E-state index in [1.54, 1.807) is 6.08 Å². The van der Waals surface area contributed by atoms with E-state index in [0.717, 1.165) is 44.3 Å². The Labute approximate surface area is 144 Å². The van der Waals surface area contributed by atoms with Crippen LogP contribution >= 0.6 is 0 Å². The molecule has 1 aliphatic heterocycles. The molecule has 0 bridgehead atoms. The molecule has 2 fully saturated rings. The van der Waals surface area contributed by atoms with Crippen LogP contribution < -0.4 is 10.2 Å². The highest BCUT2D eigenvalue weighted by Gasteiger charge is 2.18. The maximum absolute atomic E-state index is 12.3. The number of amides is 1. The van der Waals surface area contributed by atoms with E-state index in [0.29, 0.717) is 0 Å². The van der Waals surface area contributed by atoms with Crippen LogP contribution in [0.15, 0.2) is 29.8 Å². The fourth-order valence-electron chi connectivity index (χ4n) is 3.58. The van der Waals surface area contributed by atoms with Gasteiger partial charge in [-0.05, 0) is 49.5 Å². The van der Waals surface area contributed by atoms with Crippen molar-refractivity contribution in [2.75, 3.05) is 18.0 Å². The van der Waals surface area contributed by atoms with E-state index in [4.69, 9.17) is 0 Å². The lowest BCUT2D eigenvalue weighted by molar-refractivity contribution is -0.117. The Morgan fingerprint density at radius 2 is 1.75 bits per heavy atom. The molecular formula is C20H25N3O. The van der Waals surface area contributed by atoms with Gasteiger partial charge in [-0.1, -0.05) is 31.4 Å². The van der Waals surface area contributed by atoms with Crippen molar-refractivity contribution in [3.05, 3.63) is 35.4 Å². The first-order valence-corrected chi connectivity index (χ1v) is 9.04. The zero-order valence-corrected chi connectivity index (χ0v) is 14.1. The van der Waals surface area contributed by atoms with Crippen LogP contribution in [0.1, 0.15) is 50.5 Å². The first kappa shape index (κ1) is 16.6. The molecule has 4 nitrogen and oxygen atoms in total. The highest BCUT2D eigenvalue weighted by atomic mass is 16.1. The molecule has 1 aromatic rings. The normalized spacial score (nSPS) is 19.1. The standard InChI is InChI=1S/C20H25N3O/c21-15-17(20(24)22-18-6-2-1-3-7-18)14-16-8-10-19(11-9-16)23-12-4-5-13-23/h8-11,14,18H,1-7,12-13H2,(H,22,24)/b17-14-. The van der Waals surface area contributed by atoms with Gasteiger partial charge in [0.05, 0.1) is 0 Å². The van der Waals surface area contributed by atoms with E-state index in [2.05, 4.69) is 22.3 Å². The Hall–Kier alpha value is -2.28. The van der Waals surface area contributed by atoms with Crippen molar-refractivity contribution in [3.63, 3.8) is 0 Å². The van der Waals surface area contributed by atoms with E-state index >= 15 is 0 Å². The average molecular weight is 323 g/mol. The molecule has 0 unspecified atom stereocenters. The van der Waals surface area contributed by atoms with Crippen LogP contribution in [0.3, 0.4) is 0 Å². The smallest absolute Gasteiger partial charge is 0.262 e. The Morgan fingerprint density at radius 3 is 2.38 bits per heavy atom. The molecule has 3 rings (SSSR count). The highest BCUT2D eigenvalue weighted by molar-refractivity contribution is 6.01. The second kappa shape index (κ2) is 8.01. The SMILES string of the molecule is N#C/C(=C/c1ccc(N2CCCC2)cc1)C(=O)NC1CCCCC1. The van der Waals surface area contributed by atoms with Crippen molar-refractivity contribution >= 4 is 17.7 Å². The fraction of sp³-hybridized carbons (Fsp3) is 0.500. The lowest BCUT2D eigenvalue weighted by atomic mass is 9.95. The van der Waals surface area contributed by atoms with Crippen molar-refractivity contribution < 1.29 is 4.79 Å². The van der Waals surface area contributed by atoms with Crippen LogP contribution in [0.4, 0.5) is 5.69 Å². The van der Waals surface area contributed by atoms with Gasteiger partial charge in [0.2, 0.25) is 0 Å². The fourth-order valence-corrected chi connectivity index (χ4v) is 3.58. The van der Waals surface area contributed by atoms with E-state index in [1.165, 1.54) is 24.9 Å². The molecule has 1 aromatic carbocycles. The van der Waals surface area contributed by atoms with Gasteiger partial charge in [0.15, 0.2) is 0 Å². The van der Waals surface area contributed by atoms with Gasteiger partial charge < -0.3 is 10.2 Å². The van der Waals surface area contributed by atoms with Crippen LogP contribution in [0.2, 0.25) is 0 Å². The molecule has 1 saturated carbocycles. The molecule has 1 heterocycles. The summed E-state index contributed by atoms with van der Waals surface area (Å²) in [6.07, 6.45) is 9.80. The maximum atomic E-state index is 12.3. The highest BCUT2D eigenvalue weighted by Crippen LogP contribution is 2.21. The monoisotopic (exact) mass is 323 g/mol. The predicted octanol–water partition coefficient (Wildman–Crippen LogP) is 3.64. The number of anilines is 1. The first-order chi connectivity index (χ1) is 11.8. The third kappa shape index (κ3) is 4.17. The van der Waals surface area contributed by atoms with Crippen LogP contribution in [0, 0.1) is 11.3 Å². The summed E-state index contributed by atoms with van der Waals surface area (Å²) >= 11 is 0. The Bertz CT molecular complexity index is 630.